The number of Topliss-reactive ketones (excluding diaryl/α,β-unsaturated/α-hetero) is 1. The Bertz CT molecular complexity index is 924. The van der Waals surface area contributed by atoms with E-state index in [1.165, 1.54) is 24.5 Å². The predicted molar refractivity (Wildman–Crippen MR) is 98.7 cm³/mol. The molecule has 0 bridgehead atoms. The number of sulfonamides is 1. The third-order valence-electron chi connectivity index (χ3n) is 3.93. The van der Waals surface area contributed by atoms with Gasteiger partial charge >= 0.3 is 5.97 Å². The molecule has 8 heteroatoms. The maximum Gasteiger partial charge on any atom is 0.338 e. The number of benzene rings is 1. The van der Waals surface area contributed by atoms with Crippen molar-refractivity contribution in [1.82, 2.24) is 4.72 Å². The molecule has 7 nitrogen and oxygen atoms in total. The second-order valence-corrected chi connectivity index (χ2v) is 8.90. The van der Waals surface area contributed by atoms with Crippen molar-refractivity contribution in [2.45, 2.75) is 39.1 Å². The highest BCUT2D eigenvalue weighted by Gasteiger charge is 2.24. The van der Waals surface area contributed by atoms with Crippen molar-refractivity contribution >= 4 is 21.8 Å². The lowest BCUT2D eigenvalue weighted by Crippen LogP contribution is -2.27. The topological polar surface area (TPSA) is 103 Å². The van der Waals surface area contributed by atoms with Crippen molar-refractivity contribution in [2.24, 2.45) is 5.41 Å². The first kappa shape index (κ1) is 20.9. The monoisotopic (exact) mass is 393 g/mol. The number of carbonyl (C=O) groups excluding carboxylic acids is 2. The van der Waals surface area contributed by atoms with Crippen LogP contribution >= 0.6 is 0 Å². The standard InChI is InChI=1S/C19H23NO6S/c1-13-7-8-15(27(23,24)20-11-14-6-5-9-25-14)10-16(13)18(22)26-12-17(21)19(2,3)4/h5-10,20H,11-12H2,1-4H3. The van der Waals surface area contributed by atoms with Gasteiger partial charge in [-0.25, -0.2) is 17.9 Å². The van der Waals surface area contributed by atoms with E-state index in [0.29, 0.717) is 11.3 Å². The molecule has 0 aliphatic carbocycles. The van der Waals surface area contributed by atoms with Gasteiger partial charge in [-0.3, -0.25) is 4.79 Å². The van der Waals surface area contributed by atoms with Crippen LogP contribution in [-0.2, 0) is 26.1 Å². The van der Waals surface area contributed by atoms with Gasteiger partial charge in [-0.15, -0.1) is 0 Å². The van der Waals surface area contributed by atoms with Crippen LogP contribution in [0.15, 0.2) is 45.9 Å². The van der Waals surface area contributed by atoms with E-state index in [4.69, 9.17) is 9.15 Å². The van der Waals surface area contributed by atoms with Gasteiger partial charge in [0.15, 0.2) is 12.4 Å². The highest BCUT2D eigenvalue weighted by atomic mass is 32.2. The minimum absolute atomic E-state index is 0.0108. The molecule has 146 valence electrons. The average molecular weight is 393 g/mol. The van der Waals surface area contributed by atoms with Crippen molar-refractivity contribution in [3.05, 3.63) is 53.5 Å². The molecule has 0 saturated carbocycles. The number of ether oxygens (including phenoxy) is 1. The first-order valence-corrected chi connectivity index (χ1v) is 9.82. The lowest BCUT2D eigenvalue weighted by Gasteiger charge is -2.16. The maximum atomic E-state index is 12.5. The summed E-state index contributed by atoms with van der Waals surface area (Å²) >= 11 is 0. The predicted octanol–water partition coefficient (Wildman–Crippen LogP) is 2.84. The second-order valence-electron chi connectivity index (χ2n) is 7.13. The third-order valence-corrected chi connectivity index (χ3v) is 5.33. The molecule has 2 aromatic rings. The van der Waals surface area contributed by atoms with Gasteiger partial charge < -0.3 is 9.15 Å². The van der Waals surface area contributed by atoms with E-state index in [1.807, 2.05) is 0 Å². The van der Waals surface area contributed by atoms with Crippen molar-refractivity contribution in [1.29, 1.82) is 0 Å². The second kappa shape index (κ2) is 8.06. The number of nitrogens with one attached hydrogen (secondary N) is 1. The summed E-state index contributed by atoms with van der Waals surface area (Å²) in [6.07, 6.45) is 1.45. The van der Waals surface area contributed by atoms with Crippen LogP contribution in [0, 0.1) is 12.3 Å². The van der Waals surface area contributed by atoms with Crippen molar-refractivity contribution in [2.75, 3.05) is 6.61 Å². The van der Waals surface area contributed by atoms with E-state index in [2.05, 4.69) is 4.72 Å². The largest absolute Gasteiger partial charge is 0.468 e. The van der Waals surface area contributed by atoms with E-state index in [-0.39, 0.29) is 29.4 Å². The van der Waals surface area contributed by atoms with E-state index in [0.717, 1.165) is 0 Å². The first-order chi connectivity index (χ1) is 12.5. The number of aryl methyl sites for hydroxylation is 1. The third kappa shape index (κ3) is 5.51. The summed E-state index contributed by atoms with van der Waals surface area (Å²) in [5.41, 5.74) is 0.0155. The van der Waals surface area contributed by atoms with Gasteiger partial charge in [-0.05, 0) is 36.8 Å². The molecule has 1 heterocycles. The summed E-state index contributed by atoms with van der Waals surface area (Å²) in [5.74, 6) is -0.503. The van der Waals surface area contributed by atoms with Crippen molar-refractivity contribution < 1.29 is 27.2 Å². The molecule has 1 N–H and O–H groups in total. The van der Waals surface area contributed by atoms with Gasteiger partial charge in [0, 0.05) is 5.41 Å². The molecular formula is C19H23NO6S. The average Bonchev–Trinajstić information content (AvgIpc) is 3.10. The summed E-state index contributed by atoms with van der Waals surface area (Å²) in [5, 5.41) is 0. The number of rotatable bonds is 7. The molecule has 0 unspecified atom stereocenters. The molecule has 0 spiro atoms. The van der Waals surface area contributed by atoms with Crippen LogP contribution in [0.5, 0.6) is 0 Å². The number of furan rings is 1. The minimum atomic E-state index is -3.85. The molecule has 0 radical (unpaired) electrons. The highest BCUT2D eigenvalue weighted by Crippen LogP contribution is 2.19. The summed E-state index contributed by atoms with van der Waals surface area (Å²) in [4.78, 5) is 24.2. The zero-order valence-corrected chi connectivity index (χ0v) is 16.6. The molecule has 27 heavy (non-hydrogen) atoms. The number of hydrogen-bond acceptors (Lipinski definition) is 6. The number of carbonyl (C=O) groups is 2. The van der Waals surface area contributed by atoms with Crippen LogP contribution in [0.2, 0.25) is 0 Å². The van der Waals surface area contributed by atoms with Gasteiger partial charge in [-0.2, -0.15) is 0 Å². The van der Waals surface area contributed by atoms with Crippen molar-refractivity contribution in [3.63, 3.8) is 0 Å². The Balaban J connectivity index is 2.14. The van der Waals surface area contributed by atoms with Crippen LogP contribution in [0.3, 0.4) is 0 Å². The van der Waals surface area contributed by atoms with Crippen LogP contribution in [0.4, 0.5) is 0 Å². The maximum absolute atomic E-state index is 12.5. The molecule has 1 aromatic carbocycles. The summed E-state index contributed by atoms with van der Waals surface area (Å²) in [7, 11) is -3.85. The summed E-state index contributed by atoms with van der Waals surface area (Å²) < 4.78 is 37.5. The molecule has 0 saturated heterocycles. The smallest absolute Gasteiger partial charge is 0.338 e. The molecule has 0 atom stereocenters. The Morgan fingerprint density at radius 3 is 2.48 bits per heavy atom. The quantitative estimate of drug-likeness (QED) is 0.726. The Kier molecular flexibility index (Phi) is 6.22. The zero-order valence-electron chi connectivity index (χ0n) is 15.7. The Labute approximate surface area is 158 Å². The van der Waals surface area contributed by atoms with Gasteiger partial charge in [-0.1, -0.05) is 26.8 Å². The van der Waals surface area contributed by atoms with Crippen LogP contribution in [0.1, 0.15) is 42.5 Å². The SMILES string of the molecule is Cc1ccc(S(=O)(=O)NCc2ccco2)cc1C(=O)OCC(=O)C(C)(C)C. The summed E-state index contributed by atoms with van der Waals surface area (Å²) in [6, 6.07) is 7.46. The van der Waals surface area contributed by atoms with E-state index < -0.39 is 21.4 Å². The fourth-order valence-electron chi connectivity index (χ4n) is 2.08. The van der Waals surface area contributed by atoms with Gasteiger partial charge in [0.1, 0.15) is 5.76 Å². The number of ketones is 1. The van der Waals surface area contributed by atoms with Crippen LogP contribution in [0.25, 0.3) is 0 Å². The van der Waals surface area contributed by atoms with E-state index >= 15 is 0 Å². The Hall–Kier alpha value is -2.45. The van der Waals surface area contributed by atoms with E-state index in [9.17, 15) is 18.0 Å². The fraction of sp³-hybridized carbons (Fsp3) is 0.368. The molecule has 0 amide bonds. The lowest BCUT2D eigenvalue weighted by molar-refractivity contribution is -0.129. The van der Waals surface area contributed by atoms with Crippen molar-refractivity contribution in [3.8, 4) is 0 Å². The lowest BCUT2D eigenvalue weighted by atomic mass is 9.91. The zero-order chi connectivity index (χ0) is 20.2. The number of hydrogen-bond donors (Lipinski definition) is 1. The van der Waals surface area contributed by atoms with Gasteiger partial charge in [0.05, 0.1) is 23.3 Å². The van der Waals surface area contributed by atoms with Crippen LogP contribution < -0.4 is 4.72 Å². The molecule has 0 aliphatic heterocycles. The fourth-order valence-corrected chi connectivity index (χ4v) is 3.10. The highest BCUT2D eigenvalue weighted by molar-refractivity contribution is 7.89. The molecular weight excluding hydrogens is 370 g/mol. The van der Waals surface area contributed by atoms with Crippen LogP contribution in [-0.4, -0.2) is 26.8 Å². The Morgan fingerprint density at radius 1 is 1.19 bits per heavy atom. The van der Waals surface area contributed by atoms with Gasteiger partial charge in [0.2, 0.25) is 10.0 Å². The minimum Gasteiger partial charge on any atom is -0.468 e. The van der Waals surface area contributed by atoms with E-state index in [1.54, 1.807) is 39.8 Å². The molecule has 0 aliphatic rings. The van der Waals surface area contributed by atoms with Gasteiger partial charge in [0.25, 0.3) is 0 Å². The number of esters is 1. The Morgan fingerprint density at radius 2 is 1.89 bits per heavy atom. The molecule has 1 aromatic heterocycles. The molecule has 0 fully saturated rings. The first-order valence-electron chi connectivity index (χ1n) is 8.34. The normalized spacial score (nSPS) is 12.0. The molecule has 2 rings (SSSR count). The summed E-state index contributed by atoms with van der Waals surface area (Å²) in [6.45, 7) is 6.47.